The summed E-state index contributed by atoms with van der Waals surface area (Å²) in [4.78, 5) is 19.8. The van der Waals surface area contributed by atoms with Crippen molar-refractivity contribution in [1.29, 1.82) is 0 Å². The van der Waals surface area contributed by atoms with Crippen LogP contribution in [0.15, 0.2) is 72.9 Å². The smallest absolute Gasteiger partial charge is 0.228 e. The van der Waals surface area contributed by atoms with Crippen molar-refractivity contribution in [3.05, 3.63) is 101 Å². The van der Waals surface area contributed by atoms with Crippen molar-refractivity contribution in [1.82, 2.24) is 4.98 Å². The van der Waals surface area contributed by atoms with Crippen LogP contribution in [0.1, 0.15) is 11.1 Å². The summed E-state index contributed by atoms with van der Waals surface area (Å²) >= 11 is 0. The zero-order chi connectivity index (χ0) is 21.8. The minimum Gasteiger partial charge on any atom is -0.519 e. The number of ether oxygens (including phenoxy) is 1. The number of aromatic hydroxyl groups is 1. The number of fused-ring (bicyclic) bond motifs is 1. The molecular formula is C25H17FN2O3. The van der Waals surface area contributed by atoms with Gasteiger partial charge >= 0.3 is 0 Å². The van der Waals surface area contributed by atoms with Crippen LogP contribution in [-0.4, -0.2) is 15.9 Å². The number of halogens is 1. The molecule has 0 atom stereocenters. The lowest BCUT2D eigenvalue weighted by Gasteiger charge is -2.10. The second-order valence-corrected chi connectivity index (χ2v) is 7.04. The number of ketones is 1. The van der Waals surface area contributed by atoms with Gasteiger partial charge in [-0.25, -0.2) is 9.24 Å². The fourth-order valence-corrected chi connectivity index (χ4v) is 3.25. The fraction of sp³-hybridized carbons (Fsp3) is 0.0800. The molecule has 0 radical (unpaired) electrons. The molecule has 0 amide bonds. The summed E-state index contributed by atoms with van der Waals surface area (Å²) in [7, 11) is 0. The number of carbonyl (C=O) groups is 1. The number of nitrogens with zero attached hydrogens (tertiary/aromatic N) is 2. The molecule has 0 spiro atoms. The van der Waals surface area contributed by atoms with Crippen LogP contribution >= 0.6 is 0 Å². The number of hydrogen-bond acceptors (Lipinski definition) is 4. The third-order valence-electron chi connectivity index (χ3n) is 4.79. The van der Waals surface area contributed by atoms with Gasteiger partial charge < -0.3 is 9.84 Å². The Kier molecular flexibility index (Phi) is 5.59. The van der Waals surface area contributed by atoms with Crippen LogP contribution in [0.4, 0.5) is 10.1 Å². The summed E-state index contributed by atoms with van der Waals surface area (Å²) in [5.41, 5.74) is 2.27. The molecule has 1 aromatic heterocycles. The Morgan fingerprint density at radius 1 is 1.00 bits per heavy atom. The van der Waals surface area contributed by atoms with Gasteiger partial charge in [-0.05, 0) is 53.6 Å². The first-order valence-electron chi connectivity index (χ1n) is 9.54. The van der Waals surface area contributed by atoms with E-state index in [1.54, 1.807) is 42.6 Å². The Bertz CT molecular complexity index is 1290. The van der Waals surface area contributed by atoms with Crippen LogP contribution in [0.25, 0.3) is 15.7 Å². The largest absolute Gasteiger partial charge is 0.519 e. The van der Waals surface area contributed by atoms with E-state index in [4.69, 9.17) is 11.3 Å². The summed E-state index contributed by atoms with van der Waals surface area (Å²) in [6.07, 6.45) is 2.08. The maximum atomic E-state index is 13.0. The minimum absolute atomic E-state index is 0.0342. The number of pyridine rings is 1. The normalized spacial score (nSPS) is 10.6. The van der Waals surface area contributed by atoms with Crippen molar-refractivity contribution in [2.24, 2.45) is 0 Å². The van der Waals surface area contributed by atoms with E-state index in [1.165, 1.54) is 18.2 Å². The highest BCUT2D eigenvalue weighted by Crippen LogP contribution is 2.36. The van der Waals surface area contributed by atoms with Crippen molar-refractivity contribution in [2.75, 3.05) is 0 Å². The van der Waals surface area contributed by atoms with Crippen molar-refractivity contribution in [3.63, 3.8) is 0 Å². The summed E-state index contributed by atoms with van der Waals surface area (Å²) in [5.74, 6) is 0.666. The Morgan fingerprint density at radius 3 is 2.29 bits per heavy atom. The van der Waals surface area contributed by atoms with Crippen molar-refractivity contribution < 1.29 is 19.0 Å². The predicted octanol–water partition coefficient (Wildman–Crippen LogP) is 5.78. The first-order valence-corrected chi connectivity index (χ1v) is 9.54. The lowest BCUT2D eigenvalue weighted by Crippen LogP contribution is -2.06. The average Bonchev–Trinajstić information content (AvgIpc) is 2.76. The molecule has 6 heteroatoms. The van der Waals surface area contributed by atoms with Crippen LogP contribution in [0.2, 0.25) is 0 Å². The van der Waals surface area contributed by atoms with Crippen LogP contribution in [0, 0.1) is 12.4 Å². The van der Waals surface area contributed by atoms with Gasteiger partial charge in [0.25, 0.3) is 0 Å². The van der Waals surface area contributed by atoms with E-state index in [9.17, 15) is 14.3 Å². The fourth-order valence-electron chi connectivity index (χ4n) is 3.25. The summed E-state index contributed by atoms with van der Waals surface area (Å²) in [6, 6.07) is 17.8. The van der Waals surface area contributed by atoms with Gasteiger partial charge in [-0.15, -0.1) is 0 Å². The second kappa shape index (κ2) is 8.64. The van der Waals surface area contributed by atoms with Crippen LogP contribution < -0.4 is 4.74 Å². The van der Waals surface area contributed by atoms with E-state index in [0.717, 1.165) is 11.1 Å². The van der Waals surface area contributed by atoms with E-state index in [2.05, 4.69) is 9.83 Å². The van der Waals surface area contributed by atoms with Crippen LogP contribution in [0.3, 0.4) is 0 Å². The van der Waals surface area contributed by atoms with E-state index in [-0.39, 0.29) is 35.9 Å². The zero-order valence-electron chi connectivity index (χ0n) is 16.4. The molecular weight excluding hydrogens is 395 g/mol. The summed E-state index contributed by atoms with van der Waals surface area (Å²) < 4.78 is 18.9. The van der Waals surface area contributed by atoms with Gasteiger partial charge in [-0.1, -0.05) is 24.3 Å². The molecule has 0 aliphatic rings. The van der Waals surface area contributed by atoms with Crippen molar-refractivity contribution in [2.45, 2.75) is 12.8 Å². The van der Waals surface area contributed by atoms with E-state index in [0.29, 0.717) is 22.4 Å². The van der Waals surface area contributed by atoms with Crippen LogP contribution in [-0.2, 0) is 17.6 Å². The highest BCUT2D eigenvalue weighted by Gasteiger charge is 2.10. The number of Topliss-reactive ketones (excluding diaryl/α,β-unsaturated/α-hetero) is 1. The highest BCUT2D eigenvalue weighted by molar-refractivity contribution is 5.90. The molecule has 4 aromatic rings. The number of phenolic OH excluding ortho intramolecular Hbond substituents is 1. The van der Waals surface area contributed by atoms with Gasteiger partial charge in [-0.2, -0.15) is 0 Å². The number of aromatic nitrogens is 1. The Balaban J connectivity index is 1.47. The molecule has 152 valence electrons. The quantitative estimate of drug-likeness (QED) is 0.408. The first kappa shape index (κ1) is 20.0. The lowest BCUT2D eigenvalue weighted by molar-refractivity contribution is -0.117. The monoisotopic (exact) mass is 412 g/mol. The number of hydrogen-bond donors (Lipinski definition) is 1. The van der Waals surface area contributed by atoms with Gasteiger partial charge in [0.15, 0.2) is 0 Å². The number of rotatable bonds is 6. The molecule has 0 saturated carbocycles. The van der Waals surface area contributed by atoms with Gasteiger partial charge in [-0.3, -0.25) is 9.78 Å². The van der Waals surface area contributed by atoms with Crippen molar-refractivity contribution >= 4 is 22.4 Å². The maximum absolute atomic E-state index is 13.0. The molecule has 5 nitrogen and oxygen atoms in total. The van der Waals surface area contributed by atoms with E-state index in [1.807, 2.05) is 12.1 Å². The molecule has 0 bridgehead atoms. The molecule has 3 aromatic carbocycles. The maximum Gasteiger partial charge on any atom is 0.228 e. The second-order valence-electron chi connectivity index (χ2n) is 7.04. The molecule has 1 heterocycles. The lowest BCUT2D eigenvalue weighted by atomic mass is 10.0. The molecule has 4 rings (SSSR count). The molecule has 0 aliphatic heterocycles. The predicted molar refractivity (Wildman–Crippen MR) is 115 cm³/mol. The van der Waals surface area contributed by atoms with Crippen molar-refractivity contribution in [3.8, 4) is 17.2 Å². The molecule has 0 saturated heterocycles. The van der Waals surface area contributed by atoms with Crippen LogP contribution in [0.5, 0.6) is 17.2 Å². The average molecular weight is 412 g/mol. The molecule has 1 N–H and O–H groups in total. The number of phenols is 1. The Hall–Kier alpha value is -4.24. The van der Waals surface area contributed by atoms with Gasteiger partial charge in [0, 0.05) is 24.4 Å². The number of carbonyl (C=O) groups excluding carboxylic acids is 1. The Morgan fingerprint density at radius 2 is 1.65 bits per heavy atom. The standard InChI is InChI=1S/C25H17FN2O3/c1-27-23-14-21-22(15-24(23)30)28-11-10-25(21)31-20-8-4-17(5-9-20)13-19(29)12-16-2-6-18(26)7-3-16/h2-11,14-15,30H,12-13H2. The number of benzene rings is 3. The summed E-state index contributed by atoms with van der Waals surface area (Å²) in [6.45, 7) is 7.17. The molecule has 31 heavy (non-hydrogen) atoms. The third-order valence-corrected chi connectivity index (χ3v) is 4.79. The third kappa shape index (κ3) is 4.68. The van der Waals surface area contributed by atoms with E-state index >= 15 is 0 Å². The summed E-state index contributed by atoms with van der Waals surface area (Å²) in [5, 5.41) is 10.5. The first-order chi connectivity index (χ1) is 15.0. The highest BCUT2D eigenvalue weighted by atomic mass is 19.1. The minimum atomic E-state index is -0.323. The SMILES string of the molecule is [C-]#[N+]c1cc2c(Oc3ccc(CC(=O)Cc4ccc(F)cc4)cc3)ccnc2cc1O. The zero-order valence-corrected chi connectivity index (χ0v) is 16.4. The molecule has 0 unspecified atom stereocenters. The van der Waals surface area contributed by atoms with E-state index < -0.39 is 0 Å². The topological polar surface area (TPSA) is 63.8 Å². The Labute approximate surface area is 178 Å². The molecule has 0 aliphatic carbocycles. The van der Waals surface area contributed by atoms with Gasteiger partial charge in [0.05, 0.1) is 12.1 Å². The van der Waals surface area contributed by atoms with Gasteiger partial charge in [0.2, 0.25) is 5.69 Å². The van der Waals surface area contributed by atoms with Gasteiger partial charge in [0.1, 0.15) is 28.8 Å². The molecule has 0 fully saturated rings.